The zero-order chi connectivity index (χ0) is 13.0. The second-order valence-corrected chi connectivity index (χ2v) is 4.77. The molecule has 0 fully saturated rings. The lowest BCUT2D eigenvalue weighted by molar-refractivity contribution is 0.433. The highest BCUT2D eigenvalue weighted by Gasteiger charge is 2.22. The number of furan rings is 1. The third kappa shape index (κ3) is 2.79. The van der Waals surface area contributed by atoms with Crippen molar-refractivity contribution in [2.45, 2.75) is 19.4 Å². The van der Waals surface area contributed by atoms with E-state index >= 15 is 0 Å². The zero-order valence-electron chi connectivity index (χ0n) is 9.99. The second-order valence-electron chi connectivity index (χ2n) is 3.92. The Balaban J connectivity index is 2.37. The van der Waals surface area contributed by atoms with Gasteiger partial charge in [-0.05, 0) is 41.0 Å². The Morgan fingerprint density at radius 2 is 2.33 bits per heavy atom. The van der Waals surface area contributed by atoms with Crippen LogP contribution in [0.2, 0.25) is 0 Å². The highest BCUT2D eigenvalue weighted by molar-refractivity contribution is 9.10. The number of rotatable bonds is 5. The Bertz CT molecular complexity index is 515. The lowest BCUT2D eigenvalue weighted by atomic mass is 10.1. The monoisotopic (exact) mass is 312 g/mol. The molecule has 0 saturated heterocycles. The van der Waals surface area contributed by atoms with E-state index in [0.29, 0.717) is 11.3 Å². The van der Waals surface area contributed by atoms with E-state index in [-0.39, 0.29) is 11.9 Å². The number of aromatic nitrogens is 1. The molecule has 2 aromatic rings. The highest BCUT2D eigenvalue weighted by Crippen LogP contribution is 2.30. The van der Waals surface area contributed by atoms with Gasteiger partial charge >= 0.3 is 0 Å². The normalized spacial score (nSPS) is 12.6. The minimum atomic E-state index is -0.339. The molecular weight excluding hydrogens is 299 g/mol. The van der Waals surface area contributed by atoms with E-state index in [1.54, 1.807) is 24.6 Å². The minimum Gasteiger partial charge on any atom is -0.466 e. The van der Waals surface area contributed by atoms with Crippen molar-refractivity contribution >= 4 is 15.9 Å². The predicted octanol–water partition coefficient (Wildman–Crippen LogP) is 3.67. The van der Waals surface area contributed by atoms with Gasteiger partial charge < -0.3 is 9.73 Å². The molecule has 2 rings (SSSR count). The van der Waals surface area contributed by atoms with Crippen LogP contribution in [-0.4, -0.2) is 11.5 Å². The van der Waals surface area contributed by atoms with Gasteiger partial charge in [-0.2, -0.15) is 0 Å². The summed E-state index contributed by atoms with van der Waals surface area (Å²) in [6, 6.07) is 3.16. The van der Waals surface area contributed by atoms with Crippen molar-refractivity contribution in [3.05, 3.63) is 52.4 Å². The number of nitrogens with one attached hydrogen (secondary N) is 1. The van der Waals surface area contributed by atoms with Crippen LogP contribution >= 0.6 is 15.9 Å². The van der Waals surface area contributed by atoms with Gasteiger partial charge in [0, 0.05) is 11.8 Å². The van der Waals surface area contributed by atoms with E-state index in [4.69, 9.17) is 4.42 Å². The molecule has 18 heavy (non-hydrogen) atoms. The van der Waals surface area contributed by atoms with E-state index in [9.17, 15) is 4.39 Å². The molecule has 1 atom stereocenters. The van der Waals surface area contributed by atoms with E-state index in [1.807, 2.05) is 0 Å². The van der Waals surface area contributed by atoms with Crippen molar-refractivity contribution in [3.63, 3.8) is 0 Å². The molecule has 0 spiro atoms. The van der Waals surface area contributed by atoms with Gasteiger partial charge in [0.15, 0.2) is 0 Å². The summed E-state index contributed by atoms with van der Waals surface area (Å²) in [5, 5.41) is 3.28. The zero-order valence-corrected chi connectivity index (χ0v) is 11.6. The second kappa shape index (κ2) is 6.11. The van der Waals surface area contributed by atoms with E-state index in [1.165, 1.54) is 6.20 Å². The number of pyridine rings is 1. The van der Waals surface area contributed by atoms with Crippen molar-refractivity contribution < 1.29 is 8.81 Å². The van der Waals surface area contributed by atoms with Crippen LogP contribution in [0.5, 0.6) is 0 Å². The summed E-state index contributed by atoms with van der Waals surface area (Å²) >= 11 is 3.41. The number of halogens is 2. The van der Waals surface area contributed by atoms with Crippen molar-refractivity contribution in [2.75, 3.05) is 6.54 Å². The van der Waals surface area contributed by atoms with Crippen molar-refractivity contribution in [2.24, 2.45) is 0 Å². The van der Waals surface area contributed by atoms with Crippen LogP contribution in [0.1, 0.15) is 30.7 Å². The van der Waals surface area contributed by atoms with Gasteiger partial charge in [0.25, 0.3) is 0 Å². The summed E-state index contributed by atoms with van der Waals surface area (Å²) in [6.07, 6.45) is 5.34. The van der Waals surface area contributed by atoms with Gasteiger partial charge in [0.05, 0.1) is 23.0 Å². The van der Waals surface area contributed by atoms with Gasteiger partial charge in [-0.15, -0.1) is 0 Å². The van der Waals surface area contributed by atoms with Crippen LogP contribution in [0, 0.1) is 5.82 Å². The van der Waals surface area contributed by atoms with Gasteiger partial charge in [-0.1, -0.05) is 6.92 Å². The summed E-state index contributed by atoms with van der Waals surface area (Å²) in [7, 11) is 0. The SMILES string of the molecule is CCCNC(c1ccncc1F)c1occc1Br. The summed E-state index contributed by atoms with van der Waals surface area (Å²) in [6.45, 7) is 2.84. The maximum atomic E-state index is 13.8. The molecule has 0 aliphatic heterocycles. The Labute approximate surface area is 114 Å². The topological polar surface area (TPSA) is 38.1 Å². The van der Waals surface area contributed by atoms with Crippen LogP contribution in [0.25, 0.3) is 0 Å². The standard InChI is InChI=1S/C13H14BrFN2O/c1-2-5-17-12(13-10(14)4-7-18-13)9-3-6-16-8-11(9)15/h3-4,6-8,12,17H,2,5H2,1H3. The van der Waals surface area contributed by atoms with E-state index < -0.39 is 0 Å². The Morgan fingerprint density at radius 1 is 1.50 bits per heavy atom. The van der Waals surface area contributed by atoms with Crippen molar-refractivity contribution in [1.29, 1.82) is 0 Å². The molecule has 0 saturated carbocycles. The summed E-state index contributed by atoms with van der Waals surface area (Å²) < 4.78 is 20.1. The Kier molecular flexibility index (Phi) is 4.49. The quantitative estimate of drug-likeness (QED) is 0.915. The molecule has 96 valence electrons. The van der Waals surface area contributed by atoms with Crippen LogP contribution in [-0.2, 0) is 0 Å². The molecule has 3 nitrogen and oxygen atoms in total. The third-order valence-corrected chi connectivity index (χ3v) is 3.28. The van der Waals surface area contributed by atoms with Crippen LogP contribution < -0.4 is 5.32 Å². The lowest BCUT2D eigenvalue weighted by Gasteiger charge is -2.17. The summed E-state index contributed by atoms with van der Waals surface area (Å²) in [5.74, 6) is 0.336. The number of nitrogens with zero attached hydrogens (tertiary/aromatic N) is 1. The highest BCUT2D eigenvalue weighted by atomic mass is 79.9. The first-order valence-corrected chi connectivity index (χ1v) is 6.59. The Morgan fingerprint density at radius 3 is 2.94 bits per heavy atom. The van der Waals surface area contributed by atoms with Crippen LogP contribution in [0.4, 0.5) is 4.39 Å². The van der Waals surface area contributed by atoms with Crippen LogP contribution in [0.3, 0.4) is 0 Å². The fourth-order valence-electron chi connectivity index (χ4n) is 1.76. The third-order valence-electron chi connectivity index (χ3n) is 2.62. The fraction of sp³-hybridized carbons (Fsp3) is 0.308. The van der Waals surface area contributed by atoms with E-state index in [0.717, 1.165) is 17.4 Å². The molecule has 1 unspecified atom stereocenters. The average molecular weight is 313 g/mol. The Hall–Kier alpha value is -1.20. The van der Waals surface area contributed by atoms with E-state index in [2.05, 4.69) is 33.2 Å². The summed E-state index contributed by atoms with van der Waals surface area (Å²) in [4.78, 5) is 3.77. The van der Waals surface area contributed by atoms with Gasteiger partial charge in [-0.3, -0.25) is 4.98 Å². The van der Waals surface area contributed by atoms with Gasteiger partial charge in [0.1, 0.15) is 11.6 Å². The molecule has 0 aromatic carbocycles. The molecule has 1 N–H and O–H groups in total. The largest absolute Gasteiger partial charge is 0.466 e. The first kappa shape index (κ1) is 13.2. The number of hydrogen-bond acceptors (Lipinski definition) is 3. The molecule has 0 aliphatic rings. The maximum Gasteiger partial charge on any atom is 0.146 e. The summed E-state index contributed by atoms with van der Waals surface area (Å²) in [5.41, 5.74) is 0.536. The minimum absolute atomic E-state index is 0.308. The maximum absolute atomic E-state index is 13.8. The first-order chi connectivity index (χ1) is 8.74. The predicted molar refractivity (Wildman–Crippen MR) is 70.7 cm³/mol. The van der Waals surface area contributed by atoms with Gasteiger partial charge in [0.2, 0.25) is 0 Å². The average Bonchev–Trinajstić information content (AvgIpc) is 2.78. The smallest absolute Gasteiger partial charge is 0.146 e. The molecule has 5 heteroatoms. The lowest BCUT2D eigenvalue weighted by Crippen LogP contribution is -2.24. The van der Waals surface area contributed by atoms with Crippen molar-refractivity contribution in [3.8, 4) is 0 Å². The molecule has 2 aromatic heterocycles. The van der Waals surface area contributed by atoms with Crippen LogP contribution in [0.15, 0.2) is 39.7 Å². The molecule has 2 heterocycles. The van der Waals surface area contributed by atoms with Gasteiger partial charge in [-0.25, -0.2) is 4.39 Å². The molecule has 0 amide bonds. The molecular formula is C13H14BrFN2O. The first-order valence-electron chi connectivity index (χ1n) is 5.79. The fourth-order valence-corrected chi connectivity index (χ4v) is 2.19. The number of hydrogen-bond donors (Lipinski definition) is 1. The van der Waals surface area contributed by atoms with Crippen molar-refractivity contribution in [1.82, 2.24) is 10.3 Å². The molecule has 0 radical (unpaired) electrons. The molecule has 0 aliphatic carbocycles. The molecule has 0 bridgehead atoms.